The highest BCUT2D eigenvalue weighted by atomic mass is 35.5. The number of para-hydroxylation sites is 1. The van der Waals surface area contributed by atoms with Crippen molar-refractivity contribution < 1.29 is 23.8 Å². The number of anilines is 1. The van der Waals surface area contributed by atoms with Crippen molar-refractivity contribution in [2.75, 3.05) is 11.4 Å². The first-order chi connectivity index (χ1) is 13.4. The summed E-state index contributed by atoms with van der Waals surface area (Å²) >= 11 is 5.78. The van der Waals surface area contributed by atoms with Crippen LogP contribution in [0.25, 0.3) is 0 Å². The van der Waals surface area contributed by atoms with Gasteiger partial charge in [-0.15, -0.1) is 0 Å². The molecule has 1 atom stereocenters. The summed E-state index contributed by atoms with van der Waals surface area (Å²) in [6.07, 6.45) is 0.189. The second-order valence-electron chi connectivity index (χ2n) is 6.55. The third-order valence-corrected chi connectivity index (χ3v) is 4.63. The zero-order chi connectivity index (χ0) is 20.1. The second-order valence-corrected chi connectivity index (χ2v) is 6.99. The Morgan fingerprint density at radius 1 is 1.25 bits per heavy atom. The van der Waals surface area contributed by atoms with E-state index in [4.69, 9.17) is 16.3 Å². The standard InChI is InChI=1S/C20H20ClFN2O4/c21-15-10-14(11-16(22)12-15)13-23-19(26)28-20(27)8-4-5-9-24(18(20)25)17-6-2-1-3-7-17/h1-3,6-7,10-12,27H,4-5,8-9,13H2,(H,23,26). The van der Waals surface area contributed by atoms with E-state index in [9.17, 15) is 19.1 Å². The lowest BCUT2D eigenvalue weighted by molar-refractivity contribution is -0.183. The minimum absolute atomic E-state index is 0.00558. The van der Waals surface area contributed by atoms with E-state index in [-0.39, 0.29) is 18.0 Å². The van der Waals surface area contributed by atoms with Crippen LogP contribution in [0.5, 0.6) is 0 Å². The fraction of sp³-hybridized carbons (Fsp3) is 0.300. The van der Waals surface area contributed by atoms with Crippen molar-refractivity contribution in [2.45, 2.75) is 31.6 Å². The number of carbonyl (C=O) groups excluding carboxylic acids is 2. The Hall–Kier alpha value is -2.64. The van der Waals surface area contributed by atoms with Crippen molar-refractivity contribution in [3.63, 3.8) is 0 Å². The first kappa shape index (κ1) is 20.1. The van der Waals surface area contributed by atoms with Gasteiger partial charge in [-0.1, -0.05) is 29.8 Å². The molecule has 3 rings (SSSR count). The van der Waals surface area contributed by atoms with E-state index in [0.29, 0.717) is 30.6 Å². The molecule has 1 aliphatic heterocycles. The molecular weight excluding hydrogens is 387 g/mol. The number of nitrogens with zero attached hydrogens (tertiary/aromatic N) is 1. The number of amides is 2. The molecule has 1 aliphatic rings. The summed E-state index contributed by atoms with van der Waals surface area (Å²) in [6, 6.07) is 12.7. The van der Waals surface area contributed by atoms with Gasteiger partial charge in [-0.05, 0) is 48.7 Å². The zero-order valence-corrected chi connectivity index (χ0v) is 15.8. The Morgan fingerprint density at radius 2 is 2.00 bits per heavy atom. The third kappa shape index (κ3) is 4.79. The van der Waals surface area contributed by atoms with Crippen LogP contribution in [0.4, 0.5) is 14.9 Å². The van der Waals surface area contributed by atoms with Crippen LogP contribution < -0.4 is 10.2 Å². The maximum absolute atomic E-state index is 13.4. The van der Waals surface area contributed by atoms with Gasteiger partial charge in [0.05, 0.1) is 0 Å². The Kier molecular flexibility index (Phi) is 6.16. The first-order valence-electron chi connectivity index (χ1n) is 8.88. The van der Waals surface area contributed by atoms with Gasteiger partial charge < -0.3 is 20.1 Å². The van der Waals surface area contributed by atoms with Crippen molar-refractivity contribution in [2.24, 2.45) is 0 Å². The molecule has 8 heteroatoms. The van der Waals surface area contributed by atoms with Crippen molar-refractivity contribution >= 4 is 29.3 Å². The molecule has 0 radical (unpaired) electrons. The molecule has 148 valence electrons. The molecule has 28 heavy (non-hydrogen) atoms. The molecule has 1 heterocycles. The van der Waals surface area contributed by atoms with E-state index in [1.807, 2.05) is 6.07 Å². The third-order valence-electron chi connectivity index (χ3n) is 4.42. The molecule has 0 aromatic heterocycles. The fourth-order valence-electron chi connectivity index (χ4n) is 3.08. The highest BCUT2D eigenvalue weighted by Gasteiger charge is 2.45. The molecule has 2 N–H and O–H groups in total. The van der Waals surface area contributed by atoms with E-state index in [2.05, 4.69) is 5.32 Å². The van der Waals surface area contributed by atoms with Gasteiger partial charge in [0.25, 0.3) is 11.7 Å². The predicted molar refractivity (Wildman–Crippen MR) is 102 cm³/mol. The minimum Gasteiger partial charge on any atom is -0.407 e. The summed E-state index contributed by atoms with van der Waals surface area (Å²) in [7, 11) is 0. The van der Waals surface area contributed by atoms with Crippen LogP contribution in [0.15, 0.2) is 48.5 Å². The van der Waals surface area contributed by atoms with E-state index in [1.54, 1.807) is 24.3 Å². The molecule has 2 aromatic carbocycles. The fourth-order valence-corrected chi connectivity index (χ4v) is 3.32. The first-order valence-corrected chi connectivity index (χ1v) is 9.26. The number of aliphatic hydroxyl groups is 1. The Labute approximate surface area is 166 Å². The van der Waals surface area contributed by atoms with Crippen LogP contribution in [0.2, 0.25) is 5.02 Å². The van der Waals surface area contributed by atoms with Crippen LogP contribution in [0.1, 0.15) is 24.8 Å². The predicted octanol–water partition coefficient (Wildman–Crippen LogP) is 3.61. The van der Waals surface area contributed by atoms with Gasteiger partial charge in [-0.25, -0.2) is 9.18 Å². The lowest BCUT2D eigenvalue weighted by Gasteiger charge is -2.30. The molecule has 1 unspecified atom stereocenters. The average molecular weight is 407 g/mol. The quantitative estimate of drug-likeness (QED) is 0.760. The molecule has 0 aliphatic carbocycles. The number of halogens is 2. The van der Waals surface area contributed by atoms with Crippen LogP contribution >= 0.6 is 11.6 Å². The van der Waals surface area contributed by atoms with Crippen molar-refractivity contribution in [3.05, 3.63) is 64.9 Å². The SMILES string of the molecule is O=C(NCc1cc(F)cc(Cl)c1)OC1(O)CCCCN(c2ccccc2)C1=O. The largest absolute Gasteiger partial charge is 0.410 e. The highest BCUT2D eigenvalue weighted by molar-refractivity contribution is 6.30. The maximum Gasteiger partial charge on any atom is 0.410 e. The number of carbonyl (C=O) groups is 2. The summed E-state index contributed by atoms with van der Waals surface area (Å²) in [5, 5.41) is 13.4. The molecule has 0 saturated carbocycles. The van der Waals surface area contributed by atoms with Gasteiger partial charge in [-0.2, -0.15) is 0 Å². The topological polar surface area (TPSA) is 78.9 Å². The molecular formula is C20H20ClFN2O4. The number of hydrogen-bond acceptors (Lipinski definition) is 4. The van der Waals surface area contributed by atoms with Crippen molar-refractivity contribution in [1.82, 2.24) is 5.32 Å². The molecule has 1 fully saturated rings. The normalized spacial score (nSPS) is 19.8. The van der Waals surface area contributed by atoms with Crippen LogP contribution in [0, 0.1) is 5.82 Å². The monoisotopic (exact) mass is 406 g/mol. The average Bonchev–Trinajstić information content (AvgIpc) is 2.79. The van der Waals surface area contributed by atoms with Crippen LogP contribution in [-0.4, -0.2) is 29.4 Å². The number of alkyl carbamates (subject to hydrolysis) is 1. The van der Waals surface area contributed by atoms with E-state index < -0.39 is 23.6 Å². The summed E-state index contributed by atoms with van der Waals surface area (Å²) < 4.78 is 18.5. The minimum atomic E-state index is -2.27. The van der Waals surface area contributed by atoms with Crippen molar-refractivity contribution in [1.29, 1.82) is 0 Å². The van der Waals surface area contributed by atoms with Crippen LogP contribution in [0.3, 0.4) is 0 Å². The van der Waals surface area contributed by atoms with Gasteiger partial charge in [0.2, 0.25) is 0 Å². The molecule has 1 saturated heterocycles. The summed E-state index contributed by atoms with van der Waals surface area (Å²) in [4.78, 5) is 26.4. The van der Waals surface area contributed by atoms with E-state index in [1.165, 1.54) is 17.0 Å². The van der Waals surface area contributed by atoms with E-state index >= 15 is 0 Å². The zero-order valence-electron chi connectivity index (χ0n) is 15.0. The van der Waals surface area contributed by atoms with Gasteiger partial charge in [0, 0.05) is 30.2 Å². The number of ether oxygens (including phenoxy) is 1. The molecule has 0 bridgehead atoms. The lowest BCUT2D eigenvalue weighted by atomic mass is 10.1. The summed E-state index contributed by atoms with van der Waals surface area (Å²) in [5.41, 5.74) is 1.04. The Morgan fingerprint density at radius 3 is 2.71 bits per heavy atom. The van der Waals surface area contributed by atoms with E-state index in [0.717, 1.165) is 6.07 Å². The van der Waals surface area contributed by atoms with Gasteiger partial charge in [0.15, 0.2) is 0 Å². The van der Waals surface area contributed by atoms with Crippen molar-refractivity contribution in [3.8, 4) is 0 Å². The van der Waals surface area contributed by atoms with Crippen LogP contribution in [-0.2, 0) is 16.1 Å². The summed E-state index contributed by atoms with van der Waals surface area (Å²) in [5.74, 6) is -3.50. The highest BCUT2D eigenvalue weighted by Crippen LogP contribution is 2.27. The second kappa shape index (κ2) is 8.58. The lowest BCUT2D eigenvalue weighted by Crippen LogP contribution is -2.52. The number of rotatable bonds is 4. The van der Waals surface area contributed by atoms with Gasteiger partial charge in [0.1, 0.15) is 5.82 Å². The molecule has 2 aromatic rings. The molecule has 0 spiro atoms. The van der Waals surface area contributed by atoms with Gasteiger partial charge in [-0.3, -0.25) is 4.79 Å². The molecule has 6 nitrogen and oxygen atoms in total. The van der Waals surface area contributed by atoms with Gasteiger partial charge >= 0.3 is 6.09 Å². The maximum atomic E-state index is 13.4. The molecule has 2 amide bonds. The number of benzene rings is 2. The number of nitrogens with one attached hydrogen (secondary N) is 1. The Bertz CT molecular complexity index is 844. The Balaban J connectivity index is 1.68. The smallest absolute Gasteiger partial charge is 0.407 e. The number of hydrogen-bond donors (Lipinski definition) is 2. The summed E-state index contributed by atoms with van der Waals surface area (Å²) in [6.45, 7) is 0.348.